The molecule has 1 aliphatic carbocycles. The van der Waals surface area contributed by atoms with Gasteiger partial charge in [0.15, 0.2) is 0 Å². The molecule has 1 fully saturated rings. The third kappa shape index (κ3) is 4.70. The van der Waals surface area contributed by atoms with Crippen LogP contribution in [0.4, 0.5) is 0 Å². The van der Waals surface area contributed by atoms with E-state index >= 15 is 0 Å². The Labute approximate surface area is 205 Å². The van der Waals surface area contributed by atoms with Crippen molar-refractivity contribution in [2.75, 3.05) is 0 Å². The van der Waals surface area contributed by atoms with Crippen LogP contribution in [0.15, 0.2) is 47.5 Å². The van der Waals surface area contributed by atoms with Gasteiger partial charge in [0.1, 0.15) is 0 Å². The summed E-state index contributed by atoms with van der Waals surface area (Å²) in [5, 5.41) is 14.4. The first kappa shape index (κ1) is 23.2. The van der Waals surface area contributed by atoms with Crippen LogP contribution in [0.5, 0.6) is 0 Å². The molecule has 0 bridgehead atoms. The Kier molecular flexibility index (Phi) is 6.88. The summed E-state index contributed by atoms with van der Waals surface area (Å²) in [4.78, 5) is 17.9. The average molecular weight is 472 g/mol. The topological polar surface area (TPSA) is 94.3 Å². The fraction of sp³-hybridized carbons (Fsp3) is 0.444. The lowest BCUT2D eigenvalue weighted by Gasteiger charge is -2.23. The summed E-state index contributed by atoms with van der Waals surface area (Å²) in [6.07, 6.45) is 12.6. The maximum absolute atomic E-state index is 13.6. The van der Waals surface area contributed by atoms with Crippen LogP contribution in [0.1, 0.15) is 74.9 Å². The number of H-pyrrole nitrogens is 1. The van der Waals surface area contributed by atoms with Crippen molar-refractivity contribution in [2.45, 2.75) is 77.8 Å². The lowest BCUT2D eigenvalue weighted by Crippen LogP contribution is -2.29. The summed E-state index contributed by atoms with van der Waals surface area (Å²) in [6.45, 7) is 4.94. The molecule has 0 radical (unpaired) electrons. The molecule has 8 heteroatoms. The molecule has 1 N–H and O–H groups in total. The van der Waals surface area contributed by atoms with Crippen LogP contribution in [0.3, 0.4) is 0 Å². The van der Waals surface area contributed by atoms with Gasteiger partial charge in [-0.3, -0.25) is 14.1 Å². The fourth-order valence-electron chi connectivity index (χ4n) is 5.39. The number of imidazole rings is 1. The minimum absolute atomic E-state index is 0.151. The molecule has 1 aromatic carbocycles. The normalized spacial score (nSPS) is 14.5. The summed E-state index contributed by atoms with van der Waals surface area (Å²) in [6, 6.07) is 10.7. The van der Waals surface area contributed by atoms with Gasteiger partial charge in [-0.25, -0.2) is 4.79 Å². The van der Waals surface area contributed by atoms with Crippen molar-refractivity contribution >= 4 is 0 Å². The minimum Gasteiger partial charge on any atom is -0.293 e. The van der Waals surface area contributed by atoms with Gasteiger partial charge in [0.05, 0.1) is 6.54 Å². The number of tetrazole rings is 1. The molecule has 0 spiro atoms. The standard InChI is InChI=1S/C27H33N7O/c1-3-4-10-25-19(2)34(22-8-6-5-7-9-22)27(35)33(25)18-20-11-13-21(14-12-20)23-15-16-28-17-24(23)26-29-31-32-30-26/h11-17,22H,3-10,18H2,1-2H3,(H,29,30,31,32). The van der Waals surface area contributed by atoms with E-state index in [-0.39, 0.29) is 5.69 Å². The average Bonchev–Trinajstić information content (AvgIpc) is 3.51. The Balaban J connectivity index is 1.45. The smallest absolute Gasteiger partial charge is 0.293 e. The van der Waals surface area contributed by atoms with Crippen LogP contribution in [0.25, 0.3) is 22.5 Å². The molecule has 182 valence electrons. The van der Waals surface area contributed by atoms with E-state index in [9.17, 15) is 4.79 Å². The minimum atomic E-state index is 0.151. The van der Waals surface area contributed by atoms with Crippen molar-refractivity contribution in [2.24, 2.45) is 0 Å². The molecule has 0 amide bonds. The van der Waals surface area contributed by atoms with Gasteiger partial charge >= 0.3 is 5.69 Å². The highest BCUT2D eigenvalue weighted by atomic mass is 16.1. The van der Waals surface area contributed by atoms with Crippen LogP contribution < -0.4 is 5.69 Å². The van der Waals surface area contributed by atoms with Crippen molar-refractivity contribution < 1.29 is 0 Å². The van der Waals surface area contributed by atoms with Crippen molar-refractivity contribution in [3.05, 3.63) is 70.2 Å². The molecule has 4 aromatic rings. The van der Waals surface area contributed by atoms with E-state index in [0.717, 1.165) is 60.1 Å². The maximum Gasteiger partial charge on any atom is 0.329 e. The highest BCUT2D eigenvalue weighted by molar-refractivity contribution is 5.79. The zero-order chi connectivity index (χ0) is 24.2. The van der Waals surface area contributed by atoms with Crippen LogP contribution in [-0.2, 0) is 13.0 Å². The number of nitrogens with zero attached hydrogens (tertiary/aromatic N) is 6. The molecule has 0 aliphatic heterocycles. The Bertz CT molecular complexity index is 1310. The number of hydrogen-bond acceptors (Lipinski definition) is 5. The Morgan fingerprint density at radius 2 is 1.86 bits per heavy atom. The number of hydrogen-bond donors (Lipinski definition) is 1. The van der Waals surface area contributed by atoms with Crippen molar-refractivity contribution in [3.8, 4) is 22.5 Å². The van der Waals surface area contributed by atoms with E-state index in [4.69, 9.17) is 0 Å². The summed E-state index contributed by atoms with van der Waals surface area (Å²) >= 11 is 0. The molecule has 1 saturated carbocycles. The number of pyridine rings is 1. The molecular formula is C27H33N7O. The van der Waals surface area contributed by atoms with E-state index in [0.29, 0.717) is 18.4 Å². The number of benzene rings is 1. The largest absolute Gasteiger partial charge is 0.329 e. The molecular weight excluding hydrogens is 438 g/mol. The Morgan fingerprint density at radius 1 is 1.06 bits per heavy atom. The van der Waals surface area contributed by atoms with Gasteiger partial charge in [0.2, 0.25) is 5.82 Å². The summed E-state index contributed by atoms with van der Waals surface area (Å²) < 4.78 is 4.12. The number of nitrogens with one attached hydrogen (secondary N) is 1. The molecule has 35 heavy (non-hydrogen) atoms. The molecule has 3 aromatic heterocycles. The first-order valence-corrected chi connectivity index (χ1v) is 12.7. The summed E-state index contributed by atoms with van der Waals surface area (Å²) in [5.74, 6) is 0.517. The van der Waals surface area contributed by atoms with Crippen LogP contribution in [-0.4, -0.2) is 34.7 Å². The second-order valence-electron chi connectivity index (χ2n) is 9.52. The monoisotopic (exact) mass is 471 g/mol. The second-order valence-corrected chi connectivity index (χ2v) is 9.52. The number of rotatable bonds is 8. The maximum atomic E-state index is 13.6. The number of aromatic amines is 1. The molecule has 8 nitrogen and oxygen atoms in total. The molecule has 3 heterocycles. The van der Waals surface area contributed by atoms with E-state index in [2.05, 4.69) is 68.3 Å². The molecule has 0 atom stereocenters. The molecule has 0 saturated heterocycles. The third-order valence-electron chi connectivity index (χ3n) is 7.26. The van der Waals surface area contributed by atoms with Crippen LogP contribution in [0, 0.1) is 6.92 Å². The SMILES string of the molecule is CCCCc1c(C)n(C2CCCCC2)c(=O)n1Cc1ccc(-c2ccncc2-c2nn[nH]n2)cc1. The van der Waals surface area contributed by atoms with Crippen molar-refractivity contribution in [1.82, 2.24) is 34.7 Å². The van der Waals surface area contributed by atoms with Crippen LogP contribution >= 0.6 is 0 Å². The van der Waals surface area contributed by atoms with Gasteiger partial charge in [-0.2, -0.15) is 5.21 Å². The highest BCUT2D eigenvalue weighted by Gasteiger charge is 2.24. The predicted octanol–water partition coefficient (Wildman–Crippen LogP) is 5.10. The summed E-state index contributed by atoms with van der Waals surface area (Å²) in [7, 11) is 0. The Hall–Kier alpha value is -3.55. The first-order chi connectivity index (χ1) is 17.2. The third-order valence-corrected chi connectivity index (χ3v) is 7.26. The predicted molar refractivity (Wildman–Crippen MR) is 136 cm³/mol. The number of unbranched alkanes of at least 4 members (excludes halogenated alkanes) is 1. The summed E-state index contributed by atoms with van der Waals surface area (Å²) in [5.41, 5.74) is 6.49. The highest BCUT2D eigenvalue weighted by Crippen LogP contribution is 2.31. The first-order valence-electron chi connectivity index (χ1n) is 12.7. The lowest BCUT2D eigenvalue weighted by molar-refractivity contribution is 0.340. The van der Waals surface area contributed by atoms with Crippen molar-refractivity contribution in [3.63, 3.8) is 0 Å². The quantitative estimate of drug-likeness (QED) is 0.386. The zero-order valence-electron chi connectivity index (χ0n) is 20.6. The lowest BCUT2D eigenvalue weighted by atomic mass is 9.95. The van der Waals surface area contributed by atoms with Gasteiger partial charge in [0, 0.05) is 35.4 Å². The van der Waals surface area contributed by atoms with Crippen molar-refractivity contribution in [1.29, 1.82) is 0 Å². The molecule has 1 aliphatic rings. The van der Waals surface area contributed by atoms with Gasteiger partial charge in [-0.05, 0) is 60.6 Å². The molecule has 0 unspecified atom stereocenters. The fourth-order valence-corrected chi connectivity index (χ4v) is 5.39. The van der Waals surface area contributed by atoms with E-state index in [1.807, 2.05) is 10.6 Å². The van der Waals surface area contributed by atoms with Gasteiger partial charge in [-0.15, -0.1) is 10.2 Å². The van der Waals surface area contributed by atoms with E-state index < -0.39 is 0 Å². The zero-order valence-corrected chi connectivity index (χ0v) is 20.6. The second kappa shape index (κ2) is 10.4. The van der Waals surface area contributed by atoms with Gasteiger partial charge in [0.25, 0.3) is 0 Å². The Morgan fingerprint density at radius 3 is 2.57 bits per heavy atom. The van der Waals surface area contributed by atoms with Crippen LogP contribution in [0.2, 0.25) is 0 Å². The van der Waals surface area contributed by atoms with Gasteiger partial charge < -0.3 is 0 Å². The molecule has 5 rings (SSSR count). The van der Waals surface area contributed by atoms with Gasteiger partial charge in [-0.1, -0.05) is 56.9 Å². The van der Waals surface area contributed by atoms with E-state index in [1.54, 1.807) is 12.4 Å². The number of aromatic nitrogens is 7. The van der Waals surface area contributed by atoms with E-state index in [1.165, 1.54) is 25.0 Å².